The number of nitrogens with zero attached hydrogens (tertiary/aromatic N) is 4. The minimum atomic E-state index is -0.945. The molecule has 252 valence electrons. The van der Waals surface area contributed by atoms with Gasteiger partial charge in [-0.15, -0.1) is 0 Å². The minimum Gasteiger partial charge on any atom is -0.493 e. The van der Waals surface area contributed by atoms with Crippen molar-refractivity contribution < 1.29 is 9.53 Å². The molecule has 47 heavy (non-hydrogen) atoms. The van der Waals surface area contributed by atoms with Crippen LogP contribution in [0, 0.1) is 5.92 Å². The highest BCUT2D eigenvalue weighted by atomic mass is 35.5. The lowest BCUT2D eigenvalue weighted by atomic mass is 9.71. The van der Waals surface area contributed by atoms with Crippen molar-refractivity contribution in [2.24, 2.45) is 10.9 Å². The van der Waals surface area contributed by atoms with Gasteiger partial charge in [0.1, 0.15) is 22.7 Å². The van der Waals surface area contributed by atoms with Crippen molar-refractivity contribution in [3.8, 4) is 5.75 Å². The standard InChI is InChI=1S/C38H48Cl2N4O2S/c1-8-46-32-24-33(36(2,3)4)41-25-31(32)34-42-37(5,27-11-15-29(39)16-12-27)38(6,28-13-17-30(40)18-14-28)44(34)35(45)43-21-19-26(20-22-43)10-9-23-47-7/h11-18,24-26H,8-10,19-23H2,1-7H3. The van der Waals surface area contributed by atoms with Gasteiger partial charge >= 0.3 is 6.03 Å². The van der Waals surface area contributed by atoms with E-state index >= 15 is 4.79 Å². The summed E-state index contributed by atoms with van der Waals surface area (Å²) in [5.74, 6) is 3.02. The van der Waals surface area contributed by atoms with Crippen LogP contribution in [0.2, 0.25) is 10.0 Å². The van der Waals surface area contributed by atoms with Gasteiger partial charge in [0, 0.05) is 46.5 Å². The lowest BCUT2D eigenvalue weighted by Crippen LogP contribution is -2.59. The molecule has 6 nitrogen and oxygen atoms in total. The van der Waals surface area contributed by atoms with E-state index in [0.29, 0.717) is 52.8 Å². The number of halogens is 2. The number of thioether (sulfide) groups is 1. The average Bonchev–Trinajstić information content (AvgIpc) is 3.29. The SMILES string of the molecule is CCOc1cc(C(C)(C)C)ncc1C1=NC(C)(c2ccc(Cl)cc2)C(C)(c2ccc(Cl)cc2)N1C(=O)N1CCC(CCCSC)CC1. The van der Waals surface area contributed by atoms with E-state index in [-0.39, 0.29) is 11.4 Å². The highest BCUT2D eigenvalue weighted by molar-refractivity contribution is 7.98. The predicted octanol–water partition coefficient (Wildman–Crippen LogP) is 9.95. The van der Waals surface area contributed by atoms with E-state index < -0.39 is 11.1 Å². The molecular formula is C38H48Cl2N4O2S. The average molecular weight is 696 g/mol. The van der Waals surface area contributed by atoms with Gasteiger partial charge in [-0.2, -0.15) is 11.8 Å². The topological polar surface area (TPSA) is 58.0 Å². The molecule has 1 aromatic heterocycles. The monoisotopic (exact) mass is 694 g/mol. The molecule has 2 atom stereocenters. The summed E-state index contributed by atoms with van der Waals surface area (Å²) in [5.41, 5.74) is 1.43. The molecule has 0 aliphatic carbocycles. The van der Waals surface area contributed by atoms with Crippen molar-refractivity contribution in [1.29, 1.82) is 0 Å². The molecule has 9 heteroatoms. The first-order valence-corrected chi connectivity index (χ1v) is 18.8. The molecular weight excluding hydrogens is 647 g/mol. The Bertz CT molecular complexity index is 1580. The molecule has 0 saturated carbocycles. The fourth-order valence-electron chi connectivity index (χ4n) is 6.93. The molecule has 0 spiro atoms. The molecule has 1 saturated heterocycles. The Kier molecular flexibility index (Phi) is 10.9. The van der Waals surface area contributed by atoms with Crippen LogP contribution in [0.5, 0.6) is 5.75 Å². The van der Waals surface area contributed by atoms with Crippen LogP contribution in [0.4, 0.5) is 4.79 Å². The summed E-state index contributed by atoms with van der Waals surface area (Å²) in [6.07, 6.45) is 8.42. The highest BCUT2D eigenvalue weighted by Crippen LogP contribution is 2.54. The largest absolute Gasteiger partial charge is 0.493 e. The lowest BCUT2D eigenvalue weighted by molar-refractivity contribution is 0.0959. The van der Waals surface area contributed by atoms with Crippen molar-refractivity contribution in [1.82, 2.24) is 14.8 Å². The number of urea groups is 1. The summed E-state index contributed by atoms with van der Waals surface area (Å²) in [5, 5.41) is 1.27. The number of carbonyl (C=O) groups excluding carboxylic acids is 1. The van der Waals surface area contributed by atoms with Crippen LogP contribution >= 0.6 is 35.0 Å². The Hall–Kier alpha value is -2.74. The van der Waals surface area contributed by atoms with E-state index in [4.69, 9.17) is 37.9 Å². The molecule has 2 unspecified atom stereocenters. The normalized spacial score (nSPS) is 22.0. The summed E-state index contributed by atoms with van der Waals surface area (Å²) in [6, 6.07) is 17.5. The fourth-order valence-corrected chi connectivity index (χ4v) is 7.64. The molecule has 1 fully saturated rings. The Labute approximate surface area is 295 Å². The van der Waals surface area contributed by atoms with E-state index in [1.807, 2.05) is 89.3 Å². The van der Waals surface area contributed by atoms with Gasteiger partial charge in [-0.25, -0.2) is 4.79 Å². The van der Waals surface area contributed by atoms with Crippen molar-refractivity contribution in [3.05, 3.63) is 93.2 Å². The Morgan fingerprint density at radius 1 is 1.00 bits per heavy atom. The number of carbonyl (C=O) groups is 1. The highest BCUT2D eigenvalue weighted by Gasteiger charge is 2.60. The number of rotatable bonds is 9. The summed E-state index contributed by atoms with van der Waals surface area (Å²) in [6.45, 7) is 14.5. The van der Waals surface area contributed by atoms with E-state index in [1.54, 1.807) is 0 Å². The number of ether oxygens (including phenoxy) is 1. The Morgan fingerprint density at radius 2 is 1.60 bits per heavy atom. The zero-order valence-corrected chi connectivity index (χ0v) is 31.1. The molecule has 3 heterocycles. The summed E-state index contributed by atoms with van der Waals surface area (Å²) in [7, 11) is 0. The van der Waals surface area contributed by atoms with Gasteiger partial charge in [-0.1, -0.05) is 68.2 Å². The van der Waals surface area contributed by atoms with Crippen molar-refractivity contribution in [2.45, 2.75) is 83.7 Å². The second-order valence-corrected chi connectivity index (χ2v) is 15.9. The summed E-state index contributed by atoms with van der Waals surface area (Å²) >= 11 is 14.7. The number of pyridine rings is 1. The zero-order valence-electron chi connectivity index (χ0n) is 28.8. The molecule has 2 amide bonds. The van der Waals surface area contributed by atoms with Gasteiger partial charge in [0.05, 0.1) is 12.2 Å². The smallest absolute Gasteiger partial charge is 0.326 e. The zero-order chi connectivity index (χ0) is 34.0. The van der Waals surface area contributed by atoms with Crippen molar-refractivity contribution in [3.63, 3.8) is 0 Å². The summed E-state index contributed by atoms with van der Waals surface area (Å²) < 4.78 is 6.29. The van der Waals surface area contributed by atoms with Crippen molar-refractivity contribution in [2.75, 3.05) is 31.7 Å². The van der Waals surface area contributed by atoms with E-state index in [9.17, 15) is 0 Å². The van der Waals surface area contributed by atoms with Gasteiger partial charge in [-0.05, 0) is 99.8 Å². The quantitative estimate of drug-likeness (QED) is 0.209. The van der Waals surface area contributed by atoms with Gasteiger partial charge in [0.25, 0.3) is 0 Å². The number of hydrogen-bond acceptors (Lipinski definition) is 5. The molecule has 3 aromatic rings. The third-order valence-corrected chi connectivity index (χ3v) is 11.2. The maximum absolute atomic E-state index is 15.1. The molecule has 2 aliphatic rings. The first kappa shape index (κ1) is 35.6. The molecule has 0 bridgehead atoms. The second-order valence-electron chi connectivity index (χ2n) is 14.0. The van der Waals surface area contributed by atoms with E-state index in [0.717, 1.165) is 29.7 Å². The van der Waals surface area contributed by atoms with Crippen LogP contribution in [0.3, 0.4) is 0 Å². The van der Waals surface area contributed by atoms with E-state index in [1.165, 1.54) is 18.6 Å². The number of likely N-dealkylation sites (tertiary alicyclic amines) is 1. The van der Waals surface area contributed by atoms with Crippen LogP contribution in [0.15, 0.2) is 65.8 Å². The number of hydrogen-bond donors (Lipinski definition) is 0. The fraction of sp³-hybridized carbons (Fsp3) is 0.500. The van der Waals surface area contributed by atoms with Crippen molar-refractivity contribution >= 4 is 46.8 Å². The summed E-state index contributed by atoms with van der Waals surface area (Å²) in [4.78, 5) is 29.5. The number of benzene rings is 2. The number of amidine groups is 1. The molecule has 0 N–H and O–H groups in total. The lowest BCUT2D eigenvalue weighted by Gasteiger charge is -2.47. The number of aliphatic imine (C=N–C) groups is 1. The van der Waals surface area contributed by atoms with Crippen LogP contribution < -0.4 is 4.74 Å². The Morgan fingerprint density at radius 3 is 2.15 bits per heavy atom. The third kappa shape index (κ3) is 7.04. The maximum Gasteiger partial charge on any atom is 0.326 e. The Balaban J connectivity index is 1.69. The van der Waals surface area contributed by atoms with Gasteiger partial charge in [0.2, 0.25) is 0 Å². The van der Waals surface area contributed by atoms with Gasteiger partial charge in [0.15, 0.2) is 0 Å². The van der Waals surface area contributed by atoms with Crippen LogP contribution in [0.25, 0.3) is 0 Å². The van der Waals surface area contributed by atoms with Crippen LogP contribution in [0.1, 0.15) is 89.6 Å². The van der Waals surface area contributed by atoms with Crippen LogP contribution in [-0.4, -0.2) is 58.4 Å². The first-order chi connectivity index (χ1) is 22.3. The number of piperidine rings is 1. The minimum absolute atomic E-state index is 0.0659. The van der Waals surface area contributed by atoms with Crippen LogP contribution in [-0.2, 0) is 16.5 Å². The predicted molar refractivity (Wildman–Crippen MR) is 197 cm³/mol. The second kappa shape index (κ2) is 14.4. The first-order valence-electron chi connectivity index (χ1n) is 16.7. The number of amides is 2. The van der Waals surface area contributed by atoms with Gasteiger partial charge < -0.3 is 9.64 Å². The molecule has 2 aliphatic heterocycles. The third-order valence-electron chi connectivity index (χ3n) is 9.96. The van der Waals surface area contributed by atoms with Gasteiger partial charge in [-0.3, -0.25) is 14.9 Å². The maximum atomic E-state index is 15.1. The molecule has 0 radical (unpaired) electrons. The van der Waals surface area contributed by atoms with E-state index in [2.05, 4.69) is 40.9 Å². The number of aromatic nitrogens is 1. The molecule has 2 aromatic carbocycles. The molecule has 5 rings (SSSR count).